The lowest BCUT2D eigenvalue weighted by molar-refractivity contribution is 0.242. The third-order valence-electron chi connectivity index (χ3n) is 4.24. The van der Waals surface area contributed by atoms with Crippen molar-refractivity contribution in [3.63, 3.8) is 0 Å². The van der Waals surface area contributed by atoms with E-state index in [1.165, 1.54) is 0 Å². The number of aromatic nitrogens is 4. The number of nitrogens with zero attached hydrogens (tertiary/aromatic N) is 4. The Morgan fingerprint density at radius 3 is 2.52 bits per heavy atom. The quantitative estimate of drug-likeness (QED) is 0.492. The summed E-state index contributed by atoms with van der Waals surface area (Å²) in [6.07, 6.45) is 3.00. The lowest BCUT2D eigenvalue weighted by Crippen LogP contribution is -2.05. The average Bonchev–Trinajstić information content (AvgIpc) is 3.06. The molecule has 0 radical (unpaired) electrons. The Hall–Kier alpha value is -3.68. The number of benzene rings is 2. The number of ether oxygens (including phenoxy) is 1. The fourth-order valence-electron chi connectivity index (χ4n) is 2.91. The highest BCUT2D eigenvalue weighted by atomic mass is 19.1. The molecule has 0 atom stereocenters. The Morgan fingerprint density at radius 2 is 1.76 bits per heavy atom. The Kier molecular flexibility index (Phi) is 4.99. The van der Waals surface area contributed by atoms with Crippen LogP contribution in [0.4, 0.5) is 27.5 Å². The minimum atomic E-state index is -0.539. The summed E-state index contributed by atoms with van der Waals surface area (Å²) in [7, 11) is 1.87. The van der Waals surface area contributed by atoms with E-state index in [9.17, 15) is 4.39 Å². The van der Waals surface area contributed by atoms with Crippen molar-refractivity contribution in [2.24, 2.45) is 7.05 Å². The molecule has 0 spiro atoms. The number of fused-ring (bicyclic) bond motifs is 1. The van der Waals surface area contributed by atoms with Crippen LogP contribution in [0.5, 0.6) is 5.75 Å². The number of hydrogen-bond donors (Lipinski definition) is 2. The van der Waals surface area contributed by atoms with Crippen molar-refractivity contribution >= 4 is 34.0 Å². The normalized spacial score (nSPS) is 11.1. The molecule has 29 heavy (non-hydrogen) atoms. The third-order valence-corrected chi connectivity index (χ3v) is 4.24. The second-order valence-corrected chi connectivity index (χ2v) is 6.87. The molecule has 0 amide bonds. The van der Waals surface area contributed by atoms with E-state index in [0.717, 1.165) is 28.5 Å². The summed E-state index contributed by atoms with van der Waals surface area (Å²) >= 11 is 0. The van der Waals surface area contributed by atoms with E-state index in [2.05, 4.69) is 25.7 Å². The average molecular weight is 392 g/mol. The Bertz CT molecular complexity index is 1140. The smallest absolute Gasteiger partial charge is 0.229 e. The van der Waals surface area contributed by atoms with Crippen LogP contribution in [0.1, 0.15) is 13.8 Å². The van der Waals surface area contributed by atoms with Gasteiger partial charge in [0.25, 0.3) is 0 Å². The molecule has 8 heteroatoms. The predicted molar refractivity (Wildman–Crippen MR) is 111 cm³/mol. The van der Waals surface area contributed by atoms with E-state index in [4.69, 9.17) is 4.74 Å². The first kappa shape index (κ1) is 18.7. The van der Waals surface area contributed by atoms with Gasteiger partial charge in [0.1, 0.15) is 5.75 Å². The van der Waals surface area contributed by atoms with Crippen molar-refractivity contribution in [3.8, 4) is 5.75 Å². The van der Waals surface area contributed by atoms with Crippen LogP contribution < -0.4 is 15.4 Å². The molecule has 0 saturated carbocycles. The molecule has 2 N–H and O–H groups in total. The van der Waals surface area contributed by atoms with Crippen molar-refractivity contribution < 1.29 is 9.13 Å². The monoisotopic (exact) mass is 392 g/mol. The highest BCUT2D eigenvalue weighted by molar-refractivity contribution is 5.83. The number of nitrogens with one attached hydrogen (secondary N) is 2. The predicted octanol–water partition coefficient (Wildman–Crippen LogP) is 4.78. The zero-order valence-electron chi connectivity index (χ0n) is 16.3. The molecule has 4 rings (SSSR count). The number of hydrogen-bond acceptors (Lipinski definition) is 6. The van der Waals surface area contributed by atoms with Gasteiger partial charge < -0.3 is 15.4 Å². The number of halogens is 1. The fourth-order valence-corrected chi connectivity index (χ4v) is 2.91. The van der Waals surface area contributed by atoms with Crippen LogP contribution in [-0.2, 0) is 7.05 Å². The molecule has 0 aliphatic rings. The van der Waals surface area contributed by atoms with Gasteiger partial charge in [0.05, 0.1) is 24.0 Å². The standard InChI is InChI=1S/C21H21FN6O/c1-13(2)29-17-7-4-15(5-8-17)26-21-23-12-18(22)20(27-21)25-16-6-9-19-14(10-16)11-24-28(19)3/h4-13H,1-3H3,(H2,23,25,26,27). The number of anilines is 4. The van der Waals surface area contributed by atoms with Gasteiger partial charge >= 0.3 is 0 Å². The summed E-state index contributed by atoms with van der Waals surface area (Å²) < 4.78 is 21.6. The van der Waals surface area contributed by atoms with Gasteiger partial charge in [-0.15, -0.1) is 0 Å². The molecule has 0 aliphatic heterocycles. The van der Waals surface area contributed by atoms with Crippen molar-refractivity contribution in [2.75, 3.05) is 10.6 Å². The highest BCUT2D eigenvalue weighted by Crippen LogP contribution is 2.24. The molecule has 4 aromatic rings. The Labute approximate surface area is 167 Å². The molecule has 7 nitrogen and oxygen atoms in total. The molecule has 2 heterocycles. The van der Waals surface area contributed by atoms with E-state index in [0.29, 0.717) is 5.69 Å². The number of rotatable bonds is 6. The summed E-state index contributed by atoms with van der Waals surface area (Å²) in [6, 6.07) is 13.1. The molecule has 148 valence electrons. The van der Waals surface area contributed by atoms with Crippen LogP contribution in [0.3, 0.4) is 0 Å². The maximum atomic E-state index is 14.2. The summed E-state index contributed by atoms with van der Waals surface area (Å²) in [5.41, 5.74) is 2.48. The summed E-state index contributed by atoms with van der Waals surface area (Å²) in [4.78, 5) is 8.28. The maximum absolute atomic E-state index is 14.2. The van der Waals surface area contributed by atoms with Crippen molar-refractivity contribution in [1.82, 2.24) is 19.7 Å². The molecule has 2 aromatic heterocycles. The zero-order chi connectivity index (χ0) is 20.4. The summed E-state index contributed by atoms with van der Waals surface area (Å²) in [5.74, 6) is 0.612. The van der Waals surface area contributed by atoms with E-state index in [1.807, 2.05) is 63.4 Å². The van der Waals surface area contributed by atoms with Gasteiger partial charge in [0.15, 0.2) is 11.6 Å². The molecule has 0 bridgehead atoms. The molecule has 2 aromatic carbocycles. The zero-order valence-corrected chi connectivity index (χ0v) is 16.3. The van der Waals surface area contributed by atoms with E-state index >= 15 is 0 Å². The van der Waals surface area contributed by atoms with Gasteiger partial charge in [-0.2, -0.15) is 10.1 Å². The van der Waals surface area contributed by atoms with Crippen LogP contribution in [0.15, 0.2) is 54.9 Å². The van der Waals surface area contributed by atoms with Crippen LogP contribution in [0.2, 0.25) is 0 Å². The third kappa shape index (κ3) is 4.26. The van der Waals surface area contributed by atoms with Crippen molar-refractivity contribution in [2.45, 2.75) is 20.0 Å². The summed E-state index contributed by atoms with van der Waals surface area (Å²) in [5, 5.41) is 11.2. The Balaban J connectivity index is 1.52. The maximum Gasteiger partial charge on any atom is 0.229 e. The molecular formula is C21H21FN6O. The van der Waals surface area contributed by atoms with Crippen molar-refractivity contribution in [3.05, 3.63) is 60.7 Å². The van der Waals surface area contributed by atoms with Crippen molar-refractivity contribution in [1.29, 1.82) is 0 Å². The van der Waals surface area contributed by atoms with Gasteiger partial charge in [-0.1, -0.05) is 0 Å². The van der Waals surface area contributed by atoms with Crippen LogP contribution in [-0.4, -0.2) is 25.9 Å². The summed E-state index contributed by atoms with van der Waals surface area (Å²) in [6.45, 7) is 3.94. The molecule has 0 unspecified atom stereocenters. The molecule has 0 saturated heterocycles. The topological polar surface area (TPSA) is 76.9 Å². The van der Waals surface area contributed by atoms with Gasteiger partial charge in [-0.3, -0.25) is 4.68 Å². The van der Waals surface area contributed by atoms with Gasteiger partial charge in [0, 0.05) is 23.8 Å². The van der Waals surface area contributed by atoms with Gasteiger partial charge in [-0.25, -0.2) is 9.37 Å². The van der Waals surface area contributed by atoms with E-state index in [-0.39, 0.29) is 17.9 Å². The Morgan fingerprint density at radius 1 is 1.00 bits per heavy atom. The lowest BCUT2D eigenvalue weighted by Gasteiger charge is -2.11. The first-order valence-electron chi connectivity index (χ1n) is 9.23. The molecule has 0 fully saturated rings. The van der Waals surface area contributed by atoms with Gasteiger partial charge in [0.2, 0.25) is 5.95 Å². The van der Waals surface area contributed by atoms with Crippen LogP contribution >= 0.6 is 0 Å². The number of aryl methyl sites for hydroxylation is 1. The minimum absolute atomic E-state index is 0.0884. The minimum Gasteiger partial charge on any atom is -0.491 e. The lowest BCUT2D eigenvalue weighted by atomic mass is 10.2. The molecular weight excluding hydrogens is 371 g/mol. The molecule has 0 aliphatic carbocycles. The van der Waals surface area contributed by atoms with E-state index in [1.54, 1.807) is 10.9 Å². The largest absolute Gasteiger partial charge is 0.491 e. The fraction of sp³-hybridized carbons (Fsp3) is 0.190. The van der Waals surface area contributed by atoms with Gasteiger partial charge in [-0.05, 0) is 56.3 Å². The first-order chi connectivity index (χ1) is 14.0. The first-order valence-corrected chi connectivity index (χ1v) is 9.23. The van der Waals surface area contributed by atoms with E-state index < -0.39 is 5.82 Å². The second-order valence-electron chi connectivity index (χ2n) is 6.87. The second kappa shape index (κ2) is 7.75. The van der Waals surface area contributed by atoms with Crippen LogP contribution in [0.25, 0.3) is 10.9 Å². The highest BCUT2D eigenvalue weighted by Gasteiger charge is 2.09. The van der Waals surface area contributed by atoms with Crippen LogP contribution in [0, 0.1) is 5.82 Å². The SMILES string of the molecule is CC(C)Oc1ccc(Nc2ncc(F)c(Nc3ccc4c(cnn4C)c3)n2)cc1.